The van der Waals surface area contributed by atoms with Gasteiger partial charge in [0.05, 0.1) is 0 Å². The van der Waals surface area contributed by atoms with Crippen molar-refractivity contribution in [2.75, 3.05) is 0 Å². The van der Waals surface area contributed by atoms with Crippen LogP contribution in [0.5, 0.6) is 0 Å². The first kappa shape index (κ1) is 24.0. The van der Waals surface area contributed by atoms with E-state index in [0.717, 1.165) is 0 Å². The van der Waals surface area contributed by atoms with E-state index in [2.05, 4.69) is 0 Å². The molecular weight excluding hydrogens is 452 g/mol. The van der Waals surface area contributed by atoms with E-state index in [1.165, 1.54) is 9.97 Å². The lowest BCUT2D eigenvalue weighted by atomic mass is 9.95. The molecule has 0 saturated heterocycles. The first-order chi connectivity index (χ1) is 12.0. The SMILES string of the molecule is Fc1nc(C(F)(C(F)(F)F)C(F)(F)F)nc(F)c1C(F)(C(F)(F)F)C(F)(F)F. The van der Waals surface area contributed by atoms with Gasteiger partial charge >= 0.3 is 36.0 Å². The number of halogens is 16. The Morgan fingerprint density at radius 2 is 0.679 bits per heavy atom. The van der Waals surface area contributed by atoms with Crippen LogP contribution in [0, 0.1) is 11.9 Å². The summed E-state index contributed by atoms with van der Waals surface area (Å²) in [5, 5.41) is 0. The molecule has 1 aromatic rings. The van der Waals surface area contributed by atoms with Gasteiger partial charge in [-0.05, 0) is 0 Å². The molecule has 0 spiro atoms. The van der Waals surface area contributed by atoms with Gasteiger partial charge in [0.2, 0.25) is 11.9 Å². The molecule has 0 N–H and O–H groups in total. The highest BCUT2D eigenvalue weighted by atomic mass is 19.4. The fourth-order valence-corrected chi connectivity index (χ4v) is 1.70. The summed E-state index contributed by atoms with van der Waals surface area (Å²) in [7, 11) is 0. The molecule has 0 atom stereocenters. The summed E-state index contributed by atoms with van der Waals surface area (Å²) in [6.07, 6.45) is -28.7. The molecule has 0 aliphatic carbocycles. The third-order valence-electron chi connectivity index (χ3n) is 3.04. The maximum atomic E-state index is 13.6. The highest BCUT2D eigenvalue weighted by Crippen LogP contribution is 2.55. The molecule has 1 rings (SSSR count). The lowest BCUT2D eigenvalue weighted by Gasteiger charge is -2.31. The Morgan fingerprint density at radius 1 is 0.429 bits per heavy atom. The minimum Gasteiger partial charge on any atom is -0.218 e. The molecule has 0 amide bonds. The van der Waals surface area contributed by atoms with Gasteiger partial charge < -0.3 is 0 Å². The van der Waals surface area contributed by atoms with Gasteiger partial charge in [-0.3, -0.25) is 0 Å². The predicted molar refractivity (Wildman–Crippen MR) is 51.7 cm³/mol. The van der Waals surface area contributed by atoms with Crippen LogP contribution in [0.3, 0.4) is 0 Å². The van der Waals surface area contributed by atoms with Crippen LogP contribution in [-0.4, -0.2) is 34.7 Å². The molecule has 162 valence electrons. The Bertz CT molecular complexity index is 687. The van der Waals surface area contributed by atoms with E-state index in [1.54, 1.807) is 0 Å². The summed E-state index contributed by atoms with van der Waals surface area (Å²) in [5.74, 6) is -11.2. The van der Waals surface area contributed by atoms with Crippen LogP contribution in [0.2, 0.25) is 0 Å². The lowest BCUT2D eigenvalue weighted by Crippen LogP contribution is -2.54. The van der Waals surface area contributed by atoms with Crippen LogP contribution in [0.25, 0.3) is 0 Å². The first-order valence-corrected chi connectivity index (χ1v) is 5.92. The average molecular weight is 452 g/mol. The highest BCUT2D eigenvalue weighted by molar-refractivity contribution is 5.26. The Kier molecular flexibility index (Phi) is 5.34. The summed E-state index contributed by atoms with van der Waals surface area (Å²) in [6, 6.07) is 0. The summed E-state index contributed by atoms with van der Waals surface area (Å²) in [5.41, 5.74) is -17.6. The molecule has 1 aromatic heterocycles. The monoisotopic (exact) mass is 452 g/mol. The first-order valence-electron chi connectivity index (χ1n) is 5.92. The summed E-state index contributed by atoms with van der Waals surface area (Å²) < 4.78 is 203. The van der Waals surface area contributed by atoms with Gasteiger partial charge in [-0.2, -0.15) is 71.4 Å². The Balaban J connectivity index is 3.94. The average Bonchev–Trinajstić information content (AvgIpc) is 2.40. The van der Waals surface area contributed by atoms with Gasteiger partial charge in [-0.15, -0.1) is 0 Å². The van der Waals surface area contributed by atoms with Crippen LogP contribution in [-0.2, 0) is 11.3 Å². The molecule has 18 heteroatoms. The van der Waals surface area contributed by atoms with Crippen molar-refractivity contribution in [2.45, 2.75) is 36.0 Å². The predicted octanol–water partition coefficient (Wildman–Crippen LogP) is 5.33. The molecule has 0 radical (unpaired) electrons. The second-order valence-corrected chi connectivity index (χ2v) is 4.81. The number of hydrogen-bond donors (Lipinski definition) is 0. The molecule has 1 heterocycles. The third kappa shape index (κ3) is 3.29. The van der Waals surface area contributed by atoms with Gasteiger partial charge in [0, 0.05) is 0 Å². The van der Waals surface area contributed by atoms with E-state index in [-0.39, 0.29) is 0 Å². The standard InChI is InChI=1S/C10F16N2/c11-2-1(5(13,7(15,16)17)8(18,19)20)3(12)28-4(27-2)6(14,9(21,22)23)10(24,25)26. The van der Waals surface area contributed by atoms with Crippen molar-refractivity contribution in [3.8, 4) is 0 Å². The molecule has 0 aliphatic rings. The molecule has 0 bridgehead atoms. The maximum Gasteiger partial charge on any atom is 0.439 e. The maximum absolute atomic E-state index is 13.6. The van der Waals surface area contributed by atoms with Crippen LogP contribution in [0.4, 0.5) is 70.2 Å². The van der Waals surface area contributed by atoms with Crippen molar-refractivity contribution < 1.29 is 70.2 Å². The molecule has 0 fully saturated rings. The summed E-state index contributed by atoms with van der Waals surface area (Å²) in [4.78, 5) is 2.52. The van der Waals surface area contributed by atoms with Crippen LogP contribution < -0.4 is 0 Å². The largest absolute Gasteiger partial charge is 0.439 e. The van der Waals surface area contributed by atoms with E-state index in [4.69, 9.17) is 0 Å². The molecular formula is C10F16N2. The summed E-state index contributed by atoms with van der Waals surface area (Å²) >= 11 is 0. The number of hydrogen-bond acceptors (Lipinski definition) is 2. The lowest BCUT2D eigenvalue weighted by molar-refractivity contribution is -0.354. The van der Waals surface area contributed by atoms with Gasteiger partial charge in [-0.1, -0.05) is 0 Å². The molecule has 2 nitrogen and oxygen atoms in total. The Labute approximate surface area is 141 Å². The van der Waals surface area contributed by atoms with Crippen LogP contribution in [0.15, 0.2) is 0 Å². The highest BCUT2D eigenvalue weighted by Gasteiger charge is 2.78. The van der Waals surface area contributed by atoms with Gasteiger partial charge in [-0.25, -0.2) is 8.78 Å². The Morgan fingerprint density at radius 3 is 0.893 bits per heavy atom. The molecule has 0 unspecified atom stereocenters. The van der Waals surface area contributed by atoms with Gasteiger partial charge in [0.25, 0.3) is 0 Å². The number of alkyl halides is 14. The van der Waals surface area contributed by atoms with Crippen molar-refractivity contribution in [3.63, 3.8) is 0 Å². The number of aromatic nitrogens is 2. The minimum atomic E-state index is -7.22. The second kappa shape index (κ2) is 6.23. The smallest absolute Gasteiger partial charge is 0.218 e. The molecule has 0 saturated carbocycles. The van der Waals surface area contributed by atoms with Crippen LogP contribution in [0.1, 0.15) is 11.4 Å². The third-order valence-corrected chi connectivity index (χ3v) is 3.04. The van der Waals surface area contributed by atoms with Crippen molar-refractivity contribution >= 4 is 0 Å². The van der Waals surface area contributed by atoms with E-state index < -0.39 is 59.3 Å². The van der Waals surface area contributed by atoms with Crippen LogP contribution >= 0.6 is 0 Å². The van der Waals surface area contributed by atoms with E-state index in [9.17, 15) is 70.2 Å². The van der Waals surface area contributed by atoms with Gasteiger partial charge in [0.15, 0.2) is 5.82 Å². The van der Waals surface area contributed by atoms with Crippen molar-refractivity contribution in [1.29, 1.82) is 0 Å². The van der Waals surface area contributed by atoms with E-state index in [0.29, 0.717) is 0 Å². The molecule has 28 heavy (non-hydrogen) atoms. The van der Waals surface area contributed by atoms with Gasteiger partial charge in [0.1, 0.15) is 5.56 Å². The van der Waals surface area contributed by atoms with E-state index in [1.807, 2.05) is 0 Å². The zero-order chi connectivity index (χ0) is 22.7. The van der Waals surface area contributed by atoms with Crippen molar-refractivity contribution in [2.24, 2.45) is 0 Å². The second-order valence-electron chi connectivity index (χ2n) is 4.81. The Hall–Kier alpha value is -2.04. The van der Waals surface area contributed by atoms with Crippen molar-refractivity contribution in [1.82, 2.24) is 9.97 Å². The minimum absolute atomic E-state index is 1.26. The van der Waals surface area contributed by atoms with E-state index >= 15 is 0 Å². The molecule has 0 aliphatic heterocycles. The normalized spacial score (nSPS) is 15.1. The fraction of sp³-hybridized carbons (Fsp3) is 0.600. The zero-order valence-corrected chi connectivity index (χ0v) is 11.9. The molecule has 0 aromatic carbocycles. The number of nitrogens with zero attached hydrogens (tertiary/aromatic N) is 2. The zero-order valence-electron chi connectivity index (χ0n) is 11.9. The summed E-state index contributed by atoms with van der Waals surface area (Å²) in [6.45, 7) is 0. The quantitative estimate of drug-likeness (QED) is 0.448. The fourth-order valence-electron chi connectivity index (χ4n) is 1.70. The number of rotatable bonds is 2. The van der Waals surface area contributed by atoms with Crippen molar-refractivity contribution in [3.05, 3.63) is 23.3 Å². The topological polar surface area (TPSA) is 25.8 Å².